The number of nitrogens with zero attached hydrogens (tertiary/aromatic N) is 3. The van der Waals surface area contributed by atoms with Gasteiger partial charge < -0.3 is 23.8 Å². The molecule has 1 saturated heterocycles. The molecule has 0 N–H and O–H groups in total. The molecule has 2 aliphatic rings. The third-order valence-electron chi connectivity index (χ3n) is 7.37. The van der Waals surface area contributed by atoms with Crippen molar-refractivity contribution in [1.82, 2.24) is 9.29 Å². The minimum Gasteiger partial charge on any atom is -0.493 e. The van der Waals surface area contributed by atoms with Crippen molar-refractivity contribution in [2.45, 2.75) is 23.8 Å². The second-order valence-electron chi connectivity index (χ2n) is 9.92. The van der Waals surface area contributed by atoms with Crippen LogP contribution < -0.4 is 23.8 Å². The lowest BCUT2D eigenvalue weighted by Gasteiger charge is -2.20. The maximum atomic E-state index is 13.6. The monoisotopic (exact) mass is 581 g/mol. The van der Waals surface area contributed by atoms with Gasteiger partial charge in [-0.05, 0) is 65.9 Å². The first-order chi connectivity index (χ1) is 19.4. The summed E-state index contributed by atoms with van der Waals surface area (Å²) in [5.41, 5.74) is 2.89. The number of benzene rings is 3. The lowest BCUT2D eigenvalue weighted by atomic mass is 9.98. The highest BCUT2D eigenvalue weighted by Gasteiger charge is 2.34. The van der Waals surface area contributed by atoms with Crippen molar-refractivity contribution in [2.24, 2.45) is 0 Å². The van der Waals surface area contributed by atoms with Crippen molar-refractivity contribution in [1.29, 1.82) is 0 Å². The molecular formula is C29H31N3O6S2. The zero-order chi connectivity index (χ0) is 27.9. The van der Waals surface area contributed by atoms with Gasteiger partial charge in [0.1, 0.15) is 13.2 Å². The number of rotatable bonds is 8. The van der Waals surface area contributed by atoms with Crippen LogP contribution in [0, 0.1) is 0 Å². The molecule has 0 saturated carbocycles. The van der Waals surface area contributed by atoms with E-state index in [1.807, 2.05) is 43.4 Å². The standard InChI is InChI=1S/C29H31N3O6S2/c1-31(17-19-4-8-25-27(14-19)38-13-12-37-25)29-30-23-7-6-22(16-28(23)39-29)40(33,34)32-11-10-21(18-32)20-5-9-24(35-2)26(15-20)36-3/h4-9,14-16,21H,10-13,17-18H2,1-3H3. The smallest absolute Gasteiger partial charge is 0.243 e. The summed E-state index contributed by atoms with van der Waals surface area (Å²) >= 11 is 1.48. The van der Waals surface area contributed by atoms with E-state index in [4.69, 9.17) is 23.9 Å². The molecule has 0 radical (unpaired) electrons. The van der Waals surface area contributed by atoms with E-state index >= 15 is 0 Å². The number of hydrogen-bond acceptors (Lipinski definition) is 9. The lowest BCUT2D eigenvalue weighted by molar-refractivity contribution is 0.171. The molecule has 11 heteroatoms. The number of hydrogen-bond donors (Lipinski definition) is 0. The predicted molar refractivity (Wildman–Crippen MR) is 155 cm³/mol. The van der Waals surface area contributed by atoms with Crippen LogP contribution in [-0.4, -0.2) is 65.3 Å². The Morgan fingerprint density at radius 2 is 1.80 bits per heavy atom. The number of fused-ring (bicyclic) bond motifs is 2. The first kappa shape index (κ1) is 26.7. The van der Waals surface area contributed by atoms with Crippen LogP contribution in [0.5, 0.6) is 23.0 Å². The normalized spacial score (nSPS) is 17.2. The van der Waals surface area contributed by atoms with Gasteiger partial charge in [-0.2, -0.15) is 4.31 Å². The molecule has 9 nitrogen and oxygen atoms in total. The highest BCUT2D eigenvalue weighted by atomic mass is 32.2. The molecule has 3 heterocycles. The molecule has 2 aliphatic heterocycles. The molecular weight excluding hydrogens is 550 g/mol. The van der Waals surface area contributed by atoms with Gasteiger partial charge in [0.2, 0.25) is 10.0 Å². The number of anilines is 1. The Bertz CT molecular complexity index is 1660. The van der Waals surface area contributed by atoms with E-state index < -0.39 is 10.0 Å². The summed E-state index contributed by atoms with van der Waals surface area (Å²) in [5.74, 6) is 2.91. The summed E-state index contributed by atoms with van der Waals surface area (Å²) in [6.07, 6.45) is 0.742. The fraction of sp³-hybridized carbons (Fsp3) is 0.345. The van der Waals surface area contributed by atoms with Crippen LogP contribution >= 0.6 is 11.3 Å². The fourth-order valence-corrected chi connectivity index (χ4v) is 7.79. The maximum Gasteiger partial charge on any atom is 0.243 e. The second-order valence-corrected chi connectivity index (χ2v) is 12.9. The van der Waals surface area contributed by atoms with E-state index in [1.54, 1.807) is 36.7 Å². The van der Waals surface area contributed by atoms with Crippen molar-refractivity contribution in [3.05, 3.63) is 65.7 Å². The fourth-order valence-electron chi connectivity index (χ4n) is 5.22. The summed E-state index contributed by atoms with van der Waals surface area (Å²) in [7, 11) is 1.53. The van der Waals surface area contributed by atoms with Crippen LogP contribution in [0.2, 0.25) is 0 Å². The average molecular weight is 582 g/mol. The summed E-state index contributed by atoms with van der Waals surface area (Å²) in [5, 5.41) is 0.814. The molecule has 1 atom stereocenters. The van der Waals surface area contributed by atoms with E-state index in [0.29, 0.717) is 44.3 Å². The van der Waals surface area contributed by atoms with Gasteiger partial charge in [0.15, 0.2) is 28.1 Å². The van der Waals surface area contributed by atoms with E-state index in [-0.39, 0.29) is 10.8 Å². The SMILES string of the molecule is COc1ccc(C2CCN(S(=O)(=O)c3ccc4nc(N(C)Cc5ccc6c(c5)OCCO6)sc4c3)C2)cc1OC. The minimum atomic E-state index is -3.65. The largest absolute Gasteiger partial charge is 0.493 e. The molecule has 4 aromatic rings. The molecule has 0 amide bonds. The van der Waals surface area contributed by atoms with Crippen LogP contribution in [0.25, 0.3) is 10.2 Å². The minimum absolute atomic E-state index is 0.0857. The van der Waals surface area contributed by atoms with Crippen molar-refractivity contribution in [3.8, 4) is 23.0 Å². The van der Waals surface area contributed by atoms with Gasteiger partial charge in [-0.1, -0.05) is 23.5 Å². The van der Waals surface area contributed by atoms with Crippen molar-refractivity contribution in [2.75, 3.05) is 52.5 Å². The number of methoxy groups -OCH3 is 2. The van der Waals surface area contributed by atoms with Gasteiger partial charge in [0, 0.05) is 26.7 Å². The Hall–Kier alpha value is -3.54. The second kappa shape index (κ2) is 10.8. The summed E-state index contributed by atoms with van der Waals surface area (Å²) in [6.45, 7) is 2.62. The number of ether oxygens (including phenoxy) is 4. The molecule has 0 aliphatic carbocycles. The van der Waals surface area contributed by atoms with E-state index in [9.17, 15) is 8.42 Å². The molecule has 0 bridgehead atoms. The van der Waals surface area contributed by atoms with Crippen LogP contribution in [0.1, 0.15) is 23.5 Å². The van der Waals surface area contributed by atoms with Crippen LogP contribution in [0.15, 0.2) is 59.5 Å². The van der Waals surface area contributed by atoms with Gasteiger partial charge in [0.25, 0.3) is 0 Å². The lowest BCUT2D eigenvalue weighted by Crippen LogP contribution is -2.28. The predicted octanol–water partition coefficient (Wildman–Crippen LogP) is 4.90. The number of thiazole rings is 1. The Kier molecular flexibility index (Phi) is 7.20. The molecule has 1 unspecified atom stereocenters. The van der Waals surface area contributed by atoms with E-state index in [2.05, 4.69) is 4.90 Å². The highest BCUT2D eigenvalue weighted by molar-refractivity contribution is 7.89. The Balaban J connectivity index is 1.18. The number of aromatic nitrogens is 1. The van der Waals surface area contributed by atoms with Crippen LogP contribution in [-0.2, 0) is 16.6 Å². The summed E-state index contributed by atoms with van der Waals surface area (Å²) in [4.78, 5) is 7.10. The zero-order valence-corrected chi connectivity index (χ0v) is 24.3. The van der Waals surface area contributed by atoms with Gasteiger partial charge in [0.05, 0.1) is 29.3 Å². The Morgan fingerprint density at radius 1 is 1.00 bits per heavy atom. The molecule has 0 spiro atoms. The highest BCUT2D eigenvalue weighted by Crippen LogP contribution is 2.38. The van der Waals surface area contributed by atoms with Crippen molar-refractivity contribution < 1.29 is 27.4 Å². The van der Waals surface area contributed by atoms with Gasteiger partial charge in [-0.3, -0.25) is 0 Å². The molecule has 1 fully saturated rings. The molecule has 3 aromatic carbocycles. The maximum absolute atomic E-state index is 13.6. The van der Waals surface area contributed by atoms with E-state index in [1.165, 1.54) is 11.3 Å². The van der Waals surface area contributed by atoms with Crippen LogP contribution in [0.4, 0.5) is 5.13 Å². The van der Waals surface area contributed by atoms with Gasteiger partial charge in [-0.25, -0.2) is 13.4 Å². The van der Waals surface area contributed by atoms with Crippen molar-refractivity contribution in [3.63, 3.8) is 0 Å². The summed E-state index contributed by atoms with van der Waals surface area (Å²) in [6, 6.07) is 16.9. The van der Waals surface area contributed by atoms with Crippen molar-refractivity contribution >= 4 is 36.7 Å². The Morgan fingerprint density at radius 3 is 2.60 bits per heavy atom. The third kappa shape index (κ3) is 5.04. The average Bonchev–Trinajstić information content (AvgIpc) is 3.65. The zero-order valence-electron chi connectivity index (χ0n) is 22.6. The summed E-state index contributed by atoms with van der Waals surface area (Å²) < 4.78 is 51.7. The first-order valence-corrected chi connectivity index (χ1v) is 15.3. The quantitative estimate of drug-likeness (QED) is 0.290. The first-order valence-electron chi connectivity index (χ1n) is 13.1. The van der Waals surface area contributed by atoms with Gasteiger partial charge in [-0.15, -0.1) is 0 Å². The van der Waals surface area contributed by atoms with Crippen LogP contribution in [0.3, 0.4) is 0 Å². The number of sulfonamides is 1. The molecule has 6 rings (SSSR count). The molecule has 40 heavy (non-hydrogen) atoms. The Labute approximate surface area is 237 Å². The van der Waals surface area contributed by atoms with E-state index in [0.717, 1.165) is 44.4 Å². The molecule has 1 aromatic heterocycles. The van der Waals surface area contributed by atoms with Gasteiger partial charge >= 0.3 is 0 Å². The third-order valence-corrected chi connectivity index (χ3v) is 10.4. The topological polar surface area (TPSA) is 90.4 Å². The molecule has 210 valence electrons.